The van der Waals surface area contributed by atoms with Gasteiger partial charge in [0.1, 0.15) is 11.9 Å². The van der Waals surface area contributed by atoms with Crippen molar-refractivity contribution in [3.8, 4) is 0 Å². The van der Waals surface area contributed by atoms with Gasteiger partial charge in [-0.05, 0) is 57.0 Å². The summed E-state index contributed by atoms with van der Waals surface area (Å²) in [4.78, 5) is 15.9. The van der Waals surface area contributed by atoms with Crippen molar-refractivity contribution in [2.75, 3.05) is 6.54 Å². The van der Waals surface area contributed by atoms with Gasteiger partial charge in [-0.1, -0.05) is 0 Å². The highest BCUT2D eigenvalue weighted by Crippen LogP contribution is 2.25. The number of carboxylic acids is 1. The zero-order chi connectivity index (χ0) is 14.9. The lowest BCUT2D eigenvalue weighted by atomic mass is 10.1. The first-order chi connectivity index (χ1) is 9.45. The fourth-order valence-electron chi connectivity index (χ4n) is 2.38. The Kier molecular flexibility index (Phi) is 4.09. The van der Waals surface area contributed by atoms with E-state index in [1.807, 2.05) is 30.5 Å². The highest BCUT2D eigenvalue weighted by molar-refractivity contribution is 5.81. The highest BCUT2D eigenvalue weighted by atomic mass is 16.4. The summed E-state index contributed by atoms with van der Waals surface area (Å²) in [5, 5.41) is 9.31. The van der Waals surface area contributed by atoms with E-state index in [0.29, 0.717) is 13.0 Å². The van der Waals surface area contributed by atoms with Gasteiger partial charge in [0.25, 0.3) is 0 Å². The number of nitrogens with two attached hydrogens (primary N) is 1. The average Bonchev–Trinajstić information content (AvgIpc) is 2.73. The molecule has 0 saturated carbocycles. The van der Waals surface area contributed by atoms with Crippen LogP contribution in [-0.4, -0.2) is 27.2 Å². The summed E-state index contributed by atoms with van der Waals surface area (Å²) in [6.07, 6.45) is 1.49. The molecule has 1 aromatic carbocycles. The van der Waals surface area contributed by atoms with Gasteiger partial charge in [0.15, 0.2) is 0 Å². The average molecular weight is 275 g/mol. The summed E-state index contributed by atoms with van der Waals surface area (Å²) in [5.41, 5.74) is 9.59. The summed E-state index contributed by atoms with van der Waals surface area (Å²) < 4.78 is 1.82. The molecule has 2 rings (SSSR count). The molecule has 20 heavy (non-hydrogen) atoms. The van der Waals surface area contributed by atoms with Gasteiger partial charge in [-0.3, -0.25) is 0 Å². The topological polar surface area (TPSA) is 81.1 Å². The molecule has 5 nitrogen and oxygen atoms in total. The van der Waals surface area contributed by atoms with Crippen LogP contribution >= 0.6 is 0 Å². The van der Waals surface area contributed by atoms with Gasteiger partial charge >= 0.3 is 5.97 Å². The summed E-state index contributed by atoms with van der Waals surface area (Å²) in [7, 11) is 0. The molecule has 0 spiro atoms. The number of aliphatic carboxylic acids is 1. The van der Waals surface area contributed by atoms with Gasteiger partial charge in [0.2, 0.25) is 0 Å². The van der Waals surface area contributed by atoms with Gasteiger partial charge in [0, 0.05) is 6.42 Å². The van der Waals surface area contributed by atoms with E-state index in [-0.39, 0.29) is 0 Å². The molecule has 0 aliphatic heterocycles. The van der Waals surface area contributed by atoms with Crippen LogP contribution in [0.2, 0.25) is 0 Å². The molecule has 0 aliphatic rings. The first-order valence-electron chi connectivity index (χ1n) is 6.86. The van der Waals surface area contributed by atoms with E-state index in [2.05, 4.69) is 4.98 Å². The standard InChI is InChI=1S/C15H21N3O2/c1-9-7-12-13(8-10(9)2)18(11(3)15(19)20)14(17-12)5-4-6-16/h7-8,11H,4-6,16H2,1-3H3,(H,19,20). The number of fused-ring (bicyclic) bond motifs is 1. The quantitative estimate of drug-likeness (QED) is 0.876. The zero-order valence-electron chi connectivity index (χ0n) is 12.2. The molecule has 3 N–H and O–H groups in total. The molecule has 1 atom stereocenters. The van der Waals surface area contributed by atoms with Gasteiger partial charge < -0.3 is 15.4 Å². The Morgan fingerprint density at radius 1 is 1.40 bits per heavy atom. The van der Waals surface area contributed by atoms with Crippen LogP contribution in [0.15, 0.2) is 12.1 Å². The van der Waals surface area contributed by atoms with Crippen LogP contribution in [0.5, 0.6) is 0 Å². The first-order valence-corrected chi connectivity index (χ1v) is 6.86. The largest absolute Gasteiger partial charge is 0.480 e. The van der Waals surface area contributed by atoms with Crippen LogP contribution in [0.3, 0.4) is 0 Å². The van der Waals surface area contributed by atoms with E-state index in [0.717, 1.165) is 34.4 Å². The number of imidazole rings is 1. The summed E-state index contributed by atoms with van der Waals surface area (Å²) in [5.74, 6) is -0.0538. The van der Waals surface area contributed by atoms with Crippen molar-refractivity contribution in [3.63, 3.8) is 0 Å². The molecule has 0 saturated heterocycles. The molecule has 108 valence electrons. The number of carbonyl (C=O) groups is 1. The molecule has 0 bridgehead atoms. The monoisotopic (exact) mass is 275 g/mol. The lowest BCUT2D eigenvalue weighted by molar-refractivity contribution is -0.140. The third kappa shape index (κ3) is 2.54. The molecular formula is C15H21N3O2. The summed E-state index contributed by atoms with van der Waals surface area (Å²) >= 11 is 0. The van der Waals surface area contributed by atoms with E-state index >= 15 is 0 Å². The van der Waals surface area contributed by atoms with E-state index in [4.69, 9.17) is 5.73 Å². The molecule has 1 unspecified atom stereocenters. The Hall–Kier alpha value is -1.88. The second-order valence-corrected chi connectivity index (χ2v) is 5.23. The number of rotatable bonds is 5. The van der Waals surface area contributed by atoms with Crippen molar-refractivity contribution in [2.24, 2.45) is 5.73 Å². The molecule has 0 radical (unpaired) electrons. The van der Waals surface area contributed by atoms with Gasteiger partial charge in [-0.2, -0.15) is 0 Å². The molecule has 1 heterocycles. The third-order valence-electron chi connectivity index (χ3n) is 3.73. The Labute approximate surface area is 118 Å². The van der Waals surface area contributed by atoms with Gasteiger partial charge in [0.05, 0.1) is 11.0 Å². The Morgan fingerprint density at radius 2 is 2.05 bits per heavy atom. The van der Waals surface area contributed by atoms with Gasteiger partial charge in [-0.15, -0.1) is 0 Å². The van der Waals surface area contributed by atoms with Crippen molar-refractivity contribution >= 4 is 17.0 Å². The number of hydrogen-bond donors (Lipinski definition) is 2. The predicted octanol–water partition coefficient (Wildman–Crippen LogP) is 2.19. The Bertz CT molecular complexity index is 646. The minimum absolute atomic E-state index is 0.572. The molecule has 1 aromatic heterocycles. The number of nitrogens with zero attached hydrogens (tertiary/aromatic N) is 2. The normalized spacial score (nSPS) is 12.8. The van der Waals surface area contributed by atoms with E-state index < -0.39 is 12.0 Å². The fraction of sp³-hybridized carbons (Fsp3) is 0.467. The molecule has 0 amide bonds. The molecule has 0 fully saturated rings. The van der Waals surface area contributed by atoms with Crippen LogP contribution in [0.25, 0.3) is 11.0 Å². The van der Waals surface area contributed by atoms with Crippen molar-refractivity contribution in [3.05, 3.63) is 29.1 Å². The first kappa shape index (κ1) is 14.5. The minimum atomic E-state index is -0.850. The van der Waals surface area contributed by atoms with E-state index in [1.54, 1.807) is 6.92 Å². The highest BCUT2D eigenvalue weighted by Gasteiger charge is 2.21. The fourth-order valence-corrected chi connectivity index (χ4v) is 2.38. The smallest absolute Gasteiger partial charge is 0.326 e. The Morgan fingerprint density at radius 3 is 2.65 bits per heavy atom. The number of hydrogen-bond acceptors (Lipinski definition) is 3. The van der Waals surface area contributed by atoms with Crippen molar-refractivity contribution in [2.45, 2.75) is 39.7 Å². The van der Waals surface area contributed by atoms with Crippen LogP contribution in [0.4, 0.5) is 0 Å². The third-order valence-corrected chi connectivity index (χ3v) is 3.73. The Balaban J connectivity index is 2.64. The second kappa shape index (κ2) is 5.63. The zero-order valence-corrected chi connectivity index (χ0v) is 12.2. The maximum absolute atomic E-state index is 11.3. The summed E-state index contributed by atoms with van der Waals surface area (Å²) in [6, 6.07) is 3.40. The van der Waals surface area contributed by atoms with Crippen LogP contribution in [0, 0.1) is 13.8 Å². The van der Waals surface area contributed by atoms with Crippen LogP contribution < -0.4 is 5.73 Å². The maximum atomic E-state index is 11.3. The van der Waals surface area contributed by atoms with Gasteiger partial charge in [-0.25, -0.2) is 9.78 Å². The van der Waals surface area contributed by atoms with E-state index in [9.17, 15) is 9.90 Å². The number of carboxylic acid groups (broad SMARTS) is 1. The predicted molar refractivity (Wildman–Crippen MR) is 78.9 cm³/mol. The molecule has 0 aliphatic carbocycles. The van der Waals surface area contributed by atoms with Crippen LogP contribution in [-0.2, 0) is 11.2 Å². The van der Waals surface area contributed by atoms with Crippen molar-refractivity contribution < 1.29 is 9.90 Å². The lowest BCUT2D eigenvalue weighted by Crippen LogP contribution is -2.18. The minimum Gasteiger partial charge on any atom is -0.480 e. The van der Waals surface area contributed by atoms with Crippen molar-refractivity contribution in [1.29, 1.82) is 0 Å². The number of aryl methyl sites for hydroxylation is 3. The van der Waals surface area contributed by atoms with Crippen LogP contribution in [0.1, 0.15) is 36.3 Å². The second-order valence-electron chi connectivity index (χ2n) is 5.23. The van der Waals surface area contributed by atoms with Crippen molar-refractivity contribution in [1.82, 2.24) is 9.55 Å². The molecule has 5 heteroatoms. The molecule has 2 aromatic rings. The van der Waals surface area contributed by atoms with E-state index in [1.165, 1.54) is 0 Å². The SMILES string of the molecule is Cc1cc2nc(CCCN)n(C(C)C(=O)O)c2cc1C. The lowest BCUT2D eigenvalue weighted by Gasteiger charge is -2.14. The molecular weight excluding hydrogens is 254 g/mol. The number of aromatic nitrogens is 2. The number of benzene rings is 1. The summed E-state index contributed by atoms with van der Waals surface area (Å²) in [6.45, 7) is 6.32. The maximum Gasteiger partial charge on any atom is 0.326 e.